The van der Waals surface area contributed by atoms with Crippen molar-refractivity contribution in [2.75, 3.05) is 0 Å². The predicted molar refractivity (Wildman–Crippen MR) is 35.7 cm³/mol. The SMILES string of the molecule is CC1CCCC([NH-])C1.[K+]. The van der Waals surface area contributed by atoms with Crippen molar-refractivity contribution in [3.05, 3.63) is 5.73 Å². The standard InChI is InChI=1S/C7H14N.K/c1-6-3-2-4-7(8)5-6;/h6-8H,2-5H2,1H3;/q-1;+1. The third-order valence-electron chi connectivity index (χ3n) is 1.94. The first kappa shape index (κ1) is 10.6. The maximum atomic E-state index is 7.40. The van der Waals surface area contributed by atoms with Gasteiger partial charge >= 0.3 is 51.4 Å². The van der Waals surface area contributed by atoms with Gasteiger partial charge in [-0.25, -0.2) is 0 Å². The molecule has 1 aliphatic carbocycles. The van der Waals surface area contributed by atoms with Crippen molar-refractivity contribution < 1.29 is 51.4 Å². The quantitative estimate of drug-likeness (QED) is 0.422. The monoisotopic (exact) mass is 151 g/mol. The van der Waals surface area contributed by atoms with Gasteiger partial charge in [-0.15, -0.1) is 6.04 Å². The summed E-state index contributed by atoms with van der Waals surface area (Å²) in [6.07, 6.45) is 4.93. The number of hydrogen-bond donors (Lipinski definition) is 0. The average Bonchev–Trinajstić information content (AvgIpc) is 1.64. The molecular weight excluding hydrogens is 137 g/mol. The third-order valence-corrected chi connectivity index (χ3v) is 1.94. The molecule has 0 radical (unpaired) electrons. The Morgan fingerprint density at radius 1 is 1.33 bits per heavy atom. The Balaban J connectivity index is 0.000000640. The van der Waals surface area contributed by atoms with Crippen LogP contribution in [0, 0.1) is 5.92 Å². The van der Waals surface area contributed by atoms with Crippen LogP contribution in [-0.2, 0) is 0 Å². The minimum atomic E-state index is 0. The summed E-state index contributed by atoms with van der Waals surface area (Å²) in [5.74, 6) is 0.825. The molecule has 1 saturated carbocycles. The second-order valence-electron chi connectivity index (χ2n) is 2.97. The Kier molecular flexibility index (Phi) is 6.21. The topological polar surface area (TPSA) is 23.8 Å². The van der Waals surface area contributed by atoms with Gasteiger partial charge in [0.2, 0.25) is 0 Å². The predicted octanol–water partition coefficient (Wildman–Crippen LogP) is -0.379. The van der Waals surface area contributed by atoms with Crippen molar-refractivity contribution in [2.24, 2.45) is 5.92 Å². The maximum Gasteiger partial charge on any atom is 1.00 e. The van der Waals surface area contributed by atoms with Crippen molar-refractivity contribution in [1.82, 2.24) is 0 Å². The molecule has 2 atom stereocenters. The third kappa shape index (κ3) is 4.12. The molecule has 0 aromatic rings. The van der Waals surface area contributed by atoms with Crippen LogP contribution in [-0.4, -0.2) is 6.04 Å². The molecule has 0 spiro atoms. The minimum absolute atomic E-state index is 0. The van der Waals surface area contributed by atoms with Gasteiger partial charge in [0.1, 0.15) is 0 Å². The largest absolute Gasteiger partial charge is 1.00 e. The van der Waals surface area contributed by atoms with E-state index in [-0.39, 0.29) is 57.4 Å². The van der Waals surface area contributed by atoms with E-state index in [2.05, 4.69) is 6.92 Å². The van der Waals surface area contributed by atoms with E-state index in [0.717, 1.165) is 18.8 Å². The molecule has 1 N–H and O–H groups in total. The van der Waals surface area contributed by atoms with Crippen LogP contribution in [0.1, 0.15) is 32.6 Å². The van der Waals surface area contributed by atoms with Gasteiger partial charge in [0, 0.05) is 0 Å². The summed E-state index contributed by atoms with van der Waals surface area (Å²) in [6, 6.07) is 0.263. The summed E-state index contributed by atoms with van der Waals surface area (Å²) in [4.78, 5) is 0. The molecule has 1 rings (SSSR count). The molecule has 0 aromatic heterocycles. The molecule has 0 aliphatic heterocycles. The maximum absolute atomic E-state index is 7.40. The van der Waals surface area contributed by atoms with Crippen LogP contribution in [0.15, 0.2) is 0 Å². The average molecular weight is 151 g/mol. The Bertz CT molecular complexity index is 67.3. The normalized spacial score (nSPS) is 35.3. The summed E-state index contributed by atoms with van der Waals surface area (Å²) in [6.45, 7) is 2.25. The summed E-state index contributed by atoms with van der Waals surface area (Å²) >= 11 is 0. The van der Waals surface area contributed by atoms with Gasteiger partial charge in [0.15, 0.2) is 0 Å². The molecule has 1 fully saturated rings. The molecular formula is C7H14KN. The van der Waals surface area contributed by atoms with E-state index in [9.17, 15) is 0 Å². The molecule has 0 saturated heterocycles. The fourth-order valence-electron chi connectivity index (χ4n) is 1.43. The summed E-state index contributed by atoms with van der Waals surface area (Å²) in [7, 11) is 0. The second-order valence-corrected chi connectivity index (χ2v) is 2.97. The van der Waals surface area contributed by atoms with Gasteiger partial charge in [-0.05, 0) is 5.92 Å². The molecule has 2 unspecified atom stereocenters. The van der Waals surface area contributed by atoms with E-state index >= 15 is 0 Å². The molecule has 0 bridgehead atoms. The Labute approximate surface area is 100 Å². The van der Waals surface area contributed by atoms with Crippen molar-refractivity contribution in [3.63, 3.8) is 0 Å². The van der Waals surface area contributed by atoms with Gasteiger partial charge in [-0.2, -0.15) is 0 Å². The van der Waals surface area contributed by atoms with Crippen LogP contribution in [0.4, 0.5) is 0 Å². The zero-order chi connectivity index (χ0) is 5.98. The fraction of sp³-hybridized carbons (Fsp3) is 1.00. The van der Waals surface area contributed by atoms with E-state index < -0.39 is 0 Å². The Morgan fingerprint density at radius 3 is 2.33 bits per heavy atom. The number of rotatable bonds is 0. The van der Waals surface area contributed by atoms with E-state index in [1.165, 1.54) is 12.8 Å². The molecule has 2 heteroatoms. The minimum Gasteiger partial charge on any atom is -0.675 e. The first-order valence-corrected chi connectivity index (χ1v) is 3.50. The second kappa shape index (κ2) is 5.27. The molecule has 48 valence electrons. The van der Waals surface area contributed by atoms with Crippen LogP contribution in [0.2, 0.25) is 0 Å². The van der Waals surface area contributed by atoms with Crippen molar-refractivity contribution in [3.8, 4) is 0 Å². The first-order valence-electron chi connectivity index (χ1n) is 3.50. The van der Waals surface area contributed by atoms with Crippen LogP contribution >= 0.6 is 0 Å². The molecule has 1 nitrogen and oxygen atoms in total. The smallest absolute Gasteiger partial charge is 0.675 e. The first-order chi connectivity index (χ1) is 3.79. The van der Waals surface area contributed by atoms with Crippen LogP contribution < -0.4 is 51.4 Å². The summed E-state index contributed by atoms with van der Waals surface area (Å²) in [5.41, 5.74) is 7.40. The van der Waals surface area contributed by atoms with Crippen LogP contribution in [0.3, 0.4) is 0 Å². The zero-order valence-electron chi connectivity index (χ0n) is 6.48. The van der Waals surface area contributed by atoms with E-state index in [1.807, 2.05) is 0 Å². The van der Waals surface area contributed by atoms with Crippen molar-refractivity contribution in [2.45, 2.75) is 38.6 Å². The summed E-state index contributed by atoms with van der Waals surface area (Å²) < 4.78 is 0. The fourth-order valence-corrected chi connectivity index (χ4v) is 1.43. The molecule has 0 heterocycles. The van der Waals surface area contributed by atoms with E-state index in [1.54, 1.807) is 0 Å². The van der Waals surface area contributed by atoms with Gasteiger partial charge in [0.05, 0.1) is 0 Å². The molecule has 1 aliphatic rings. The number of hydrogen-bond acceptors (Lipinski definition) is 0. The van der Waals surface area contributed by atoms with Gasteiger partial charge in [0.25, 0.3) is 0 Å². The van der Waals surface area contributed by atoms with Crippen LogP contribution in [0.25, 0.3) is 5.73 Å². The molecule has 0 aromatic carbocycles. The van der Waals surface area contributed by atoms with E-state index in [0.29, 0.717) is 0 Å². The number of nitrogens with one attached hydrogen (secondary N) is 1. The van der Waals surface area contributed by atoms with Crippen LogP contribution in [0.5, 0.6) is 0 Å². The zero-order valence-corrected chi connectivity index (χ0v) is 9.61. The van der Waals surface area contributed by atoms with E-state index in [4.69, 9.17) is 5.73 Å². The van der Waals surface area contributed by atoms with Gasteiger partial charge < -0.3 is 5.73 Å². The van der Waals surface area contributed by atoms with Crippen molar-refractivity contribution >= 4 is 0 Å². The molecule has 0 amide bonds. The Morgan fingerprint density at radius 2 is 2.00 bits per heavy atom. The van der Waals surface area contributed by atoms with Crippen molar-refractivity contribution in [1.29, 1.82) is 0 Å². The summed E-state index contributed by atoms with van der Waals surface area (Å²) in [5, 5.41) is 0. The van der Waals surface area contributed by atoms with Gasteiger partial charge in [-0.1, -0.05) is 32.6 Å². The van der Waals surface area contributed by atoms with Gasteiger partial charge in [-0.3, -0.25) is 0 Å². The Hall–Kier alpha value is 1.60. The molecule has 9 heavy (non-hydrogen) atoms.